The standard InChI is InChI=1S/C25H33N5O2/c1-16-22(17(2)28(3)27-16)15-30(20-8-9-20)24(31)14-23-25(32)26-10-11-29(23)21-12-18-6-4-5-7-19(18)13-21/h4-7,20-21,23H,8-15H2,1-3H3,(H,26,32)/t23-/m0/s1. The molecule has 1 aliphatic heterocycles. The molecule has 1 atom stereocenters. The van der Waals surface area contributed by atoms with Gasteiger partial charge in [0.1, 0.15) is 0 Å². The summed E-state index contributed by atoms with van der Waals surface area (Å²) in [5, 5.41) is 7.52. The number of benzene rings is 1. The van der Waals surface area contributed by atoms with Crippen molar-refractivity contribution in [2.24, 2.45) is 7.05 Å². The number of aromatic nitrogens is 2. The van der Waals surface area contributed by atoms with E-state index < -0.39 is 6.04 Å². The number of amides is 2. The summed E-state index contributed by atoms with van der Waals surface area (Å²) in [5.41, 5.74) is 5.95. The molecular weight excluding hydrogens is 402 g/mol. The maximum atomic E-state index is 13.5. The smallest absolute Gasteiger partial charge is 0.237 e. The van der Waals surface area contributed by atoms with Gasteiger partial charge >= 0.3 is 0 Å². The highest BCUT2D eigenvalue weighted by Gasteiger charge is 2.41. The van der Waals surface area contributed by atoms with Crippen LogP contribution in [0.15, 0.2) is 24.3 Å². The van der Waals surface area contributed by atoms with Gasteiger partial charge in [0.2, 0.25) is 11.8 Å². The zero-order valence-electron chi connectivity index (χ0n) is 19.3. The van der Waals surface area contributed by atoms with E-state index in [1.807, 2.05) is 23.6 Å². The minimum Gasteiger partial charge on any atom is -0.353 e. The molecule has 2 aromatic rings. The number of carbonyl (C=O) groups is 2. The van der Waals surface area contributed by atoms with Crippen LogP contribution in [0, 0.1) is 13.8 Å². The number of carbonyl (C=O) groups excluding carboxylic acids is 2. The molecule has 0 unspecified atom stereocenters. The Bertz CT molecular complexity index is 1020. The number of hydrogen-bond donors (Lipinski definition) is 1. The second-order valence-electron chi connectivity index (χ2n) is 9.61. The summed E-state index contributed by atoms with van der Waals surface area (Å²) in [6, 6.07) is 8.72. The monoisotopic (exact) mass is 435 g/mol. The number of fused-ring (bicyclic) bond motifs is 1. The van der Waals surface area contributed by atoms with Crippen LogP contribution in [0.5, 0.6) is 0 Å². The van der Waals surface area contributed by atoms with Gasteiger partial charge in [-0.05, 0) is 50.7 Å². The summed E-state index contributed by atoms with van der Waals surface area (Å²) in [6.45, 7) is 6.09. The Hall–Kier alpha value is -2.67. The van der Waals surface area contributed by atoms with Crippen LogP contribution in [0.25, 0.3) is 0 Å². The molecule has 2 heterocycles. The molecule has 1 saturated carbocycles. The predicted octanol–water partition coefficient (Wildman–Crippen LogP) is 1.89. The van der Waals surface area contributed by atoms with E-state index in [2.05, 4.69) is 46.5 Å². The summed E-state index contributed by atoms with van der Waals surface area (Å²) in [6.07, 6.45) is 4.24. The van der Waals surface area contributed by atoms with E-state index in [-0.39, 0.29) is 30.3 Å². The van der Waals surface area contributed by atoms with Gasteiger partial charge in [0.25, 0.3) is 0 Å². The van der Waals surface area contributed by atoms with Crippen molar-refractivity contribution in [2.75, 3.05) is 13.1 Å². The molecule has 3 aliphatic rings. The average molecular weight is 436 g/mol. The molecule has 1 saturated heterocycles. The first kappa shape index (κ1) is 21.2. The molecule has 7 heteroatoms. The van der Waals surface area contributed by atoms with Crippen molar-refractivity contribution in [3.05, 3.63) is 52.3 Å². The first-order valence-electron chi connectivity index (χ1n) is 11.8. The highest BCUT2D eigenvalue weighted by Crippen LogP contribution is 2.32. The number of nitrogens with one attached hydrogen (secondary N) is 1. The topological polar surface area (TPSA) is 70.5 Å². The van der Waals surface area contributed by atoms with Crippen LogP contribution in [0.1, 0.15) is 47.3 Å². The molecule has 0 spiro atoms. The van der Waals surface area contributed by atoms with Crippen molar-refractivity contribution in [1.82, 2.24) is 24.9 Å². The maximum Gasteiger partial charge on any atom is 0.237 e. The molecule has 2 aliphatic carbocycles. The van der Waals surface area contributed by atoms with E-state index in [9.17, 15) is 9.59 Å². The summed E-state index contributed by atoms with van der Waals surface area (Å²) in [4.78, 5) is 30.7. The van der Waals surface area contributed by atoms with Gasteiger partial charge in [-0.1, -0.05) is 24.3 Å². The van der Waals surface area contributed by atoms with Crippen LogP contribution >= 0.6 is 0 Å². The third kappa shape index (κ3) is 3.94. The molecule has 5 rings (SSSR count). The van der Waals surface area contributed by atoms with Crippen molar-refractivity contribution in [3.63, 3.8) is 0 Å². The summed E-state index contributed by atoms with van der Waals surface area (Å²) < 4.78 is 1.88. The first-order valence-corrected chi connectivity index (χ1v) is 11.8. The Morgan fingerprint density at radius 3 is 2.47 bits per heavy atom. The van der Waals surface area contributed by atoms with E-state index in [1.54, 1.807) is 0 Å². The second-order valence-corrected chi connectivity index (χ2v) is 9.61. The first-order chi connectivity index (χ1) is 15.4. The van der Waals surface area contributed by atoms with Crippen molar-refractivity contribution in [3.8, 4) is 0 Å². The van der Waals surface area contributed by atoms with Crippen LogP contribution < -0.4 is 5.32 Å². The van der Waals surface area contributed by atoms with E-state index in [0.29, 0.717) is 13.1 Å². The fourth-order valence-electron chi connectivity index (χ4n) is 5.46. The third-order valence-electron chi connectivity index (χ3n) is 7.53. The summed E-state index contributed by atoms with van der Waals surface area (Å²) in [7, 11) is 1.94. The Morgan fingerprint density at radius 1 is 1.19 bits per heavy atom. The van der Waals surface area contributed by atoms with Gasteiger partial charge in [-0.15, -0.1) is 0 Å². The molecule has 2 amide bonds. The van der Waals surface area contributed by atoms with Gasteiger partial charge in [0.15, 0.2) is 0 Å². The van der Waals surface area contributed by atoms with Gasteiger partial charge < -0.3 is 10.2 Å². The van der Waals surface area contributed by atoms with Gasteiger partial charge in [0.05, 0.1) is 18.2 Å². The zero-order chi connectivity index (χ0) is 22.4. The van der Waals surface area contributed by atoms with Gasteiger partial charge in [0, 0.05) is 50.0 Å². The Balaban J connectivity index is 1.33. The van der Waals surface area contributed by atoms with Crippen molar-refractivity contribution < 1.29 is 9.59 Å². The molecule has 1 aromatic heterocycles. The molecule has 32 heavy (non-hydrogen) atoms. The van der Waals surface area contributed by atoms with Gasteiger partial charge in [-0.25, -0.2) is 0 Å². The SMILES string of the molecule is Cc1nn(C)c(C)c1CN(C(=O)C[C@H]1C(=O)NCCN1C1Cc2ccccc2C1)C1CC1. The second kappa shape index (κ2) is 8.35. The number of nitrogens with zero attached hydrogens (tertiary/aromatic N) is 4. The minimum absolute atomic E-state index is 0.00922. The normalized spacial score (nSPS) is 21.5. The number of piperazine rings is 1. The molecular formula is C25H33N5O2. The predicted molar refractivity (Wildman–Crippen MR) is 122 cm³/mol. The Kier molecular flexibility index (Phi) is 5.53. The van der Waals surface area contributed by atoms with E-state index in [4.69, 9.17) is 0 Å². The molecule has 0 bridgehead atoms. The fraction of sp³-hybridized carbons (Fsp3) is 0.560. The lowest BCUT2D eigenvalue weighted by molar-refractivity contribution is -0.140. The Morgan fingerprint density at radius 2 is 1.88 bits per heavy atom. The quantitative estimate of drug-likeness (QED) is 0.752. The summed E-state index contributed by atoms with van der Waals surface area (Å²) in [5.74, 6) is 0.0720. The molecule has 1 N–H and O–H groups in total. The van der Waals surface area contributed by atoms with E-state index in [0.717, 1.165) is 49.2 Å². The minimum atomic E-state index is -0.395. The van der Waals surface area contributed by atoms with Gasteiger partial charge in [-0.2, -0.15) is 5.10 Å². The Labute approximate surface area is 189 Å². The largest absolute Gasteiger partial charge is 0.353 e. The van der Waals surface area contributed by atoms with Crippen LogP contribution in [0.2, 0.25) is 0 Å². The highest BCUT2D eigenvalue weighted by molar-refractivity contribution is 5.89. The molecule has 1 aromatic carbocycles. The van der Waals surface area contributed by atoms with Crippen LogP contribution in [0.4, 0.5) is 0 Å². The number of rotatable bonds is 6. The van der Waals surface area contributed by atoms with Crippen molar-refractivity contribution in [1.29, 1.82) is 0 Å². The maximum absolute atomic E-state index is 13.5. The lowest BCUT2D eigenvalue weighted by atomic mass is 10.0. The summed E-state index contributed by atoms with van der Waals surface area (Å²) >= 11 is 0. The third-order valence-corrected chi connectivity index (χ3v) is 7.53. The number of aryl methyl sites for hydroxylation is 2. The lowest BCUT2D eigenvalue weighted by Gasteiger charge is -2.39. The molecule has 0 radical (unpaired) electrons. The lowest BCUT2D eigenvalue weighted by Crippen LogP contribution is -2.60. The van der Waals surface area contributed by atoms with Crippen LogP contribution in [0.3, 0.4) is 0 Å². The van der Waals surface area contributed by atoms with Crippen LogP contribution in [-0.4, -0.2) is 62.6 Å². The number of hydrogen-bond acceptors (Lipinski definition) is 4. The fourth-order valence-corrected chi connectivity index (χ4v) is 5.46. The molecule has 170 valence electrons. The highest BCUT2D eigenvalue weighted by atomic mass is 16.2. The zero-order valence-corrected chi connectivity index (χ0v) is 19.3. The molecule has 2 fully saturated rings. The van der Waals surface area contributed by atoms with Gasteiger partial charge in [-0.3, -0.25) is 19.2 Å². The average Bonchev–Trinajstić information content (AvgIpc) is 3.46. The van der Waals surface area contributed by atoms with E-state index in [1.165, 1.54) is 11.1 Å². The van der Waals surface area contributed by atoms with Crippen molar-refractivity contribution in [2.45, 2.75) is 70.6 Å². The molecule has 7 nitrogen and oxygen atoms in total. The van der Waals surface area contributed by atoms with E-state index >= 15 is 0 Å². The van der Waals surface area contributed by atoms with Crippen molar-refractivity contribution >= 4 is 11.8 Å². The van der Waals surface area contributed by atoms with Crippen LogP contribution in [-0.2, 0) is 36.0 Å².